The van der Waals surface area contributed by atoms with Crippen LogP contribution in [0, 0.1) is 16.0 Å². The predicted octanol–water partition coefficient (Wildman–Crippen LogP) is 2.36. The van der Waals surface area contributed by atoms with Crippen LogP contribution in [0.25, 0.3) is 0 Å². The molecule has 1 rings (SSSR count). The third-order valence-corrected chi connectivity index (χ3v) is 2.20. The zero-order valence-electron chi connectivity index (χ0n) is 6.75. The van der Waals surface area contributed by atoms with E-state index in [4.69, 9.17) is 0 Å². The van der Waals surface area contributed by atoms with Crippen LogP contribution >= 0.6 is 0 Å². The van der Waals surface area contributed by atoms with Gasteiger partial charge >= 0.3 is 0 Å². The molecule has 3 heteroatoms. The second-order valence-electron chi connectivity index (χ2n) is 3.26. The molecule has 1 saturated carbocycles. The van der Waals surface area contributed by atoms with Crippen LogP contribution in [0.4, 0.5) is 0 Å². The Morgan fingerprint density at radius 1 is 1.55 bits per heavy atom. The Morgan fingerprint density at radius 2 is 2.09 bits per heavy atom. The van der Waals surface area contributed by atoms with E-state index in [2.05, 4.69) is 6.92 Å². The minimum absolute atomic E-state index is 0.342. The molecular weight excluding hydrogens is 142 g/mol. The Bertz CT molecular complexity index is 177. The molecule has 1 fully saturated rings. The van der Waals surface area contributed by atoms with Crippen molar-refractivity contribution in [3.8, 4) is 0 Å². The van der Waals surface area contributed by atoms with Gasteiger partial charge < -0.3 is 0 Å². The number of rotatable bonds is 1. The van der Waals surface area contributed by atoms with Crippen LogP contribution in [-0.4, -0.2) is 4.92 Å². The van der Waals surface area contributed by atoms with Crippen molar-refractivity contribution in [3.05, 3.63) is 21.9 Å². The molecule has 0 amide bonds. The average Bonchev–Trinajstić information content (AvgIpc) is 1.93. The Balaban J connectivity index is 2.45. The van der Waals surface area contributed by atoms with Gasteiger partial charge in [0, 0.05) is 0 Å². The van der Waals surface area contributed by atoms with Crippen LogP contribution in [0.3, 0.4) is 0 Å². The Labute approximate surface area is 66.3 Å². The van der Waals surface area contributed by atoms with Gasteiger partial charge in [-0.15, -0.1) is 0 Å². The molecule has 0 aliphatic heterocycles. The third-order valence-electron chi connectivity index (χ3n) is 2.20. The quantitative estimate of drug-likeness (QED) is 0.431. The van der Waals surface area contributed by atoms with E-state index in [0.717, 1.165) is 37.2 Å². The van der Waals surface area contributed by atoms with Gasteiger partial charge in [-0.1, -0.05) is 6.92 Å². The van der Waals surface area contributed by atoms with Crippen LogP contribution in [0.1, 0.15) is 32.6 Å². The van der Waals surface area contributed by atoms with Gasteiger partial charge in [0.05, 0.1) is 4.92 Å². The van der Waals surface area contributed by atoms with E-state index in [1.54, 1.807) is 0 Å². The van der Waals surface area contributed by atoms with Crippen molar-refractivity contribution >= 4 is 0 Å². The lowest BCUT2D eigenvalue weighted by molar-refractivity contribution is -0.403. The Kier molecular flexibility index (Phi) is 2.63. The molecule has 1 aliphatic carbocycles. The van der Waals surface area contributed by atoms with Crippen molar-refractivity contribution in [2.24, 2.45) is 5.92 Å². The minimum Gasteiger partial charge on any atom is -0.259 e. The van der Waals surface area contributed by atoms with Gasteiger partial charge in [-0.2, -0.15) is 0 Å². The Morgan fingerprint density at radius 3 is 2.55 bits per heavy atom. The molecular formula is C8H13NO2. The first-order valence-electron chi connectivity index (χ1n) is 4.01. The van der Waals surface area contributed by atoms with Gasteiger partial charge in [-0.3, -0.25) is 10.1 Å². The fourth-order valence-electron chi connectivity index (χ4n) is 1.41. The molecule has 0 saturated heterocycles. The highest BCUT2D eigenvalue weighted by Crippen LogP contribution is 2.27. The van der Waals surface area contributed by atoms with Gasteiger partial charge in [-0.25, -0.2) is 0 Å². The van der Waals surface area contributed by atoms with Crippen molar-refractivity contribution in [2.75, 3.05) is 0 Å². The highest BCUT2D eigenvalue weighted by Gasteiger charge is 2.14. The lowest BCUT2D eigenvalue weighted by Gasteiger charge is -2.17. The molecule has 0 unspecified atom stereocenters. The van der Waals surface area contributed by atoms with E-state index in [1.165, 1.54) is 6.20 Å². The van der Waals surface area contributed by atoms with Gasteiger partial charge in [-0.05, 0) is 37.2 Å². The molecule has 0 N–H and O–H groups in total. The monoisotopic (exact) mass is 155 g/mol. The fraction of sp³-hybridized carbons (Fsp3) is 0.750. The fourth-order valence-corrected chi connectivity index (χ4v) is 1.41. The van der Waals surface area contributed by atoms with Crippen molar-refractivity contribution in [1.29, 1.82) is 0 Å². The molecule has 0 heterocycles. The molecule has 1 aliphatic rings. The molecule has 0 aromatic rings. The lowest BCUT2D eigenvalue weighted by Crippen LogP contribution is -2.05. The standard InChI is InChI=1S/C8H13NO2/c1-7-2-4-8(5-3-7)6-9(10)11/h6-7H,2-5H2,1H3. The van der Waals surface area contributed by atoms with E-state index >= 15 is 0 Å². The maximum atomic E-state index is 10.1. The van der Waals surface area contributed by atoms with Crippen molar-refractivity contribution < 1.29 is 4.92 Å². The molecule has 0 aromatic heterocycles. The van der Waals surface area contributed by atoms with Crippen molar-refractivity contribution in [2.45, 2.75) is 32.6 Å². The van der Waals surface area contributed by atoms with E-state index in [1.807, 2.05) is 0 Å². The molecule has 0 bridgehead atoms. The molecule has 62 valence electrons. The maximum Gasteiger partial charge on any atom is 0.233 e. The Hall–Kier alpha value is -0.860. The molecule has 11 heavy (non-hydrogen) atoms. The van der Waals surface area contributed by atoms with Crippen LogP contribution in [0.2, 0.25) is 0 Å². The van der Waals surface area contributed by atoms with Crippen molar-refractivity contribution in [1.82, 2.24) is 0 Å². The summed E-state index contributed by atoms with van der Waals surface area (Å²) in [5.74, 6) is 0.749. The number of nitrogens with zero attached hydrogens (tertiary/aromatic N) is 1. The zero-order chi connectivity index (χ0) is 8.27. The topological polar surface area (TPSA) is 43.1 Å². The molecule has 0 atom stereocenters. The zero-order valence-corrected chi connectivity index (χ0v) is 6.75. The largest absolute Gasteiger partial charge is 0.259 e. The van der Waals surface area contributed by atoms with Gasteiger partial charge in [0.2, 0.25) is 6.20 Å². The van der Waals surface area contributed by atoms with Crippen LogP contribution < -0.4 is 0 Å². The van der Waals surface area contributed by atoms with E-state index in [-0.39, 0.29) is 4.92 Å². The highest BCUT2D eigenvalue weighted by molar-refractivity contribution is 5.00. The van der Waals surface area contributed by atoms with E-state index in [9.17, 15) is 10.1 Å². The molecule has 0 spiro atoms. The summed E-state index contributed by atoms with van der Waals surface area (Å²) in [5, 5.41) is 10.1. The maximum absolute atomic E-state index is 10.1. The summed E-state index contributed by atoms with van der Waals surface area (Å²) in [5.41, 5.74) is 1.01. The number of hydrogen-bond donors (Lipinski definition) is 0. The number of allylic oxidation sites excluding steroid dienone is 1. The second kappa shape index (κ2) is 3.51. The van der Waals surface area contributed by atoms with Gasteiger partial charge in [0.15, 0.2) is 0 Å². The van der Waals surface area contributed by atoms with E-state index < -0.39 is 0 Å². The van der Waals surface area contributed by atoms with Crippen LogP contribution in [-0.2, 0) is 0 Å². The summed E-state index contributed by atoms with van der Waals surface area (Å²) < 4.78 is 0. The smallest absolute Gasteiger partial charge is 0.233 e. The summed E-state index contributed by atoms with van der Waals surface area (Å²) in [7, 11) is 0. The summed E-state index contributed by atoms with van der Waals surface area (Å²) in [6.45, 7) is 2.20. The summed E-state index contributed by atoms with van der Waals surface area (Å²) in [6.07, 6.45) is 5.23. The number of nitro groups is 1. The first kappa shape index (κ1) is 8.24. The van der Waals surface area contributed by atoms with Crippen LogP contribution in [0.5, 0.6) is 0 Å². The average molecular weight is 155 g/mol. The lowest BCUT2D eigenvalue weighted by atomic mass is 9.88. The van der Waals surface area contributed by atoms with Gasteiger partial charge in [0.1, 0.15) is 0 Å². The highest BCUT2D eigenvalue weighted by atomic mass is 16.6. The SMILES string of the molecule is CC1CCC(=C[N+](=O)[O-])CC1. The third kappa shape index (κ3) is 2.70. The molecule has 0 radical (unpaired) electrons. The minimum atomic E-state index is -0.342. The van der Waals surface area contributed by atoms with Crippen LogP contribution in [0.15, 0.2) is 11.8 Å². The number of hydrogen-bond acceptors (Lipinski definition) is 2. The first-order valence-corrected chi connectivity index (χ1v) is 4.01. The summed E-state index contributed by atoms with van der Waals surface area (Å²) >= 11 is 0. The second-order valence-corrected chi connectivity index (χ2v) is 3.26. The van der Waals surface area contributed by atoms with Crippen molar-refractivity contribution in [3.63, 3.8) is 0 Å². The summed E-state index contributed by atoms with van der Waals surface area (Å²) in [4.78, 5) is 9.74. The van der Waals surface area contributed by atoms with Gasteiger partial charge in [0.25, 0.3) is 0 Å². The predicted molar refractivity (Wildman–Crippen MR) is 42.7 cm³/mol. The summed E-state index contributed by atoms with van der Waals surface area (Å²) in [6, 6.07) is 0. The molecule has 0 aromatic carbocycles. The first-order chi connectivity index (χ1) is 5.18. The van der Waals surface area contributed by atoms with E-state index in [0.29, 0.717) is 0 Å². The molecule has 3 nitrogen and oxygen atoms in total. The normalized spacial score (nSPS) is 24.8.